The Labute approximate surface area is 218 Å². The van der Waals surface area contributed by atoms with Crippen molar-refractivity contribution in [3.8, 4) is 11.5 Å². The fourth-order valence-corrected chi connectivity index (χ4v) is 4.86. The molecule has 0 fully saturated rings. The number of unbranched alkanes of at least 4 members (excludes halogenated alkanes) is 2. The molecular formula is C28H37N3O4S. The zero-order valence-electron chi connectivity index (χ0n) is 21.7. The third-order valence-electron chi connectivity index (χ3n) is 6.01. The maximum absolute atomic E-state index is 12.8. The average Bonchev–Trinajstić information content (AvgIpc) is 2.89. The summed E-state index contributed by atoms with van der Waals surface area (Å²) in [5.74, 6) is 0.895. The van der Waals surface area contributed by atoms with Crippen molar-refractivity contribution in [2.24, 2.45) is 0 Å². The maximum atomic E-state index is 12.8. The number of hydrogen-bond donors (Lipinski definition) is 2. The van der Waals surface area contributed by atoms with E-state index in [2.05, 4.69) is 29.4 Å². The third kappa shape index (κ3) is 7.51. The number of thioether (sulfide) groups is 1. The first-order valence-corrected chi connectivity index (χ1v) is 13.4. The van der Waals surface area contributed by atoms with Crippen molar-refractivity contribution in [3.05, 3.63) is 52.4 Å². The Morgan fingerprint density at radius 3 is 2.39 bits per heavy atom. The molecule has 7 nitrogen and oxygen atoms in total. The standard InChI is InChI=1S/C28H37N3O4S/c1-5-7-14-31(15-8-6-2)16-13-29-27(32)21-10-12-25-22(19-21)30-28(33)26(36-25)18-20-9-11-23(34-3)24(17-20)35-4/h9-12,17-19H,5-8,13-16H2,1-4H3,(H,29,32)(H,30,33)/b26-18+. The molecule has 1 aliphatic heterocycles. The molecule has 0 bridgehead atoms. The third-order valence-corrected chi connectivity index (χ3v) is 7.11. The van der Waals surface area contributed by atoms with Crippen LogP contribution in [0.25, 0.3) is 6.08 Å². The van der Waals surface area contributed by atoms with E-state index < -0.39 is 0 Å². The van der Waals surface area contributed by atoms with Crippen LogP contribution in [0.4, 0.5) is 5.69 Å². The molecule has 2 aromatic rings. The number of carbonyl (C=O) groups excluding carboxylic acids is 2. The topological polar surface area (TPSA) is 79.9 Å². The van der Waals surface area contributed by atoms with Crippen LogP contribution in [-0.2, 0) is 4.79 Å². The second-order valence-electron chi connectivity index (χ2n) is 8.69. The van der Waals surface area contributed by atoms with Crippen LogP contribution in [0.3, 0.4) is 0 Å². The molecule has 0 saturated carbocycles. The predicted molar refractivity (Wildman–Crippen MR) is 147 cm³/mol. The molecule has 0 atom stereocenters. The highest BCUT2D eigenvalue weighted by Crippen LogP contribution is 2.40. The van der Waals surface area contributed by atoms with Crippen molar-refractivity contribution in [1.82, 2.24) is 10.2 Å². The number of carbonyl (C=O) groups is 2. The zero-order chi connectivity index (χ0) is 25.9. The van der Waals surface area contributed by atoms with Gasteiger partial charge in [0, 0.05) is 23.5 Å². The van der Waals surface area contributed by atoms with Gasteiger partial charge in [0.15, 0.2) is 11.5 Å². The van der Waals surface area contributed by atoms with Crippen molar-refractivity contribution >= 4 is 35.3 Å². The largest absolute Gasteiger partial charge is 0.493 e. The molecule has 0 aliphatic carbocycles. The number of rotatable bonds is 13. The number of nitrogens with one attached hydrogen (secondary N) is 2. The number of benzene rings is 2. The van der Waals surface area contributed by atoms with E-state index in [9.17, 15) is 9.59 Å². The summed E-state index contributed by atoms with van der Waals surface area (Å²) in [6.45, 7) is 7.96. The van der Waals surface area contributed by atoms with Gasteiger partial charge in [0.05, 0.1) is 24.8 Å². The molecule has 0 radical (unpaired) electrons. The highest BCUT2D eigenvalue weighted by Gasteiger charge is 2.22. The van der Waals surface area contributed by atoms with Crippen molar-refractivity contribution in [3.63, 3.8) is 0 Å². The van der Waals surface area contributed by atoms with Crippen molar-refractivity contribution in [2.75, 3.05) is 45.7 Å². The Kier molecular flexibility index (Phi) is 10.7. The van der Waals surface area contributed by atoms with Crippen LogP contribution in [0.5, 0.6) is 11.5 Å². The first-order valence-electron chi connectivity index (χ1n) is 12.6. The molecule has 1 aliphatic rings. The van der Waals surface area contributed by atoms with Crippen LogP contribution in [-0.4, -0.2) is 57.1 Å². The molecule has 2 N–H and O–H groups in total. The van der Waals surface area contributed by atoms with Gasteiger partial charge in [-0.1, -0.05) is 44.5 Å². The van der Waals surface area contributed by atoms with Crippen LogP contribution < -0.4 is 20.1 Å². The van der Waals surface area contributed by atoms with Gasteiger partial charge >= 0.3 is 0 Å². The quantitative estimate of drug-likeness (QED) is 0.350. The minimum absolute atomic E-state index is 0.130. The molecule has 194 valence electrons. The summed E-state index contributed by atoms with van der Waals surface area (Å²) >= 11 is 1.38. The lowest BCUT2D eigenvalue weighted by atomic mass is 10.1. The van der Waals surface area contributed by atoms with E-state index in [-0.39, 0.29) is 11.8 Å². The molecule has 2 amide bonds. The normalized spacial score (nSPS) is 13.9. The predicted octanol–water partition coefficient (Wildman–Crippen LogP) is 5.42. The first-order chi connectivity index (χ1) is 17.5. The van der Waals surface area contributed by atoms with E-state index in [1.54, 1.807) is 26.4 Å². The summed E-state index contributed by atoms with van der Waals surface area (Å²) in [6, 6.07) is 10.9. The lowest BCUT2D eigenvalue weighted by Crippen LogP contribution is -2.36. The molecule has 36 heavy (non-hydrogen) atoms. The Morgan fingerprint density at radius 2 is 1.72 bits per heavy atom. The van der Waals surface area contributed by atoms with Gasteiger partial charge in [-0.25, -0.2) is 0 Å². The van der Waals surface area contributed by atoms with Crippen LogP contribution in [0.15, 0.2) is 46.2 Å². The lowest BCUT2D eigenvalue weighted by Gasteiger charge is -2.22. The van der Waals surface area contributed by atoms with Crippen LogP contribution in [0, 0.1) is 0 Å². The zero-order valence-corrected chi connectivity index (χ0v) is 22.5. The summed E-state index contributed by atoms with van der Waals surface area (Å²) in [6.07, 6.45) is 6.48. The molecule has 1 heterocycles. The van der Waals surface area contributed by atoms with Gasteiger partial charge in [-0.3, -0.25) is 9.59 Å². The van der Waals surface area contributed by atoms with Crippen LogP contribution >= 0.6 is 11.8 Å². The van der Waals surface area contributed by atoms with E-state index in [4.69, 9.17) is 9.47 Å². The summed E-state index contributed by atoms with van der Waals surface area (Å²) in [5, 5.41) is 5.95. The number of anilines is 1. The minimum atomic E-state index is -0.206. The van der Waals surface area contributed by atoms with Gasteiger partial charge in [-0.2, -0.15) is 0 Å². The van der Waals surface area contributed by atoms with Crippen LogP contribution in [0.1, 0.15) is 55.5 Å². The number of ether oxygens (including phenoxy) is 2. The number of fused-ring (bicyclic) bond motifs is 1. The lowest BCUT2D eigenvalue weighted by molar-refractivity contribution is -0.112. The Morgan fingerprint density at radius 1 is 1.00 bits per heavy atom. The van der Waals surface area contributed by atoms with E-state index in [1.807, 2.05) is 30.3 Å². The minimum Gasteiger partial charge on any atom is -0.493 e. The highest BCUT2D eigenvalue weighted by atomic mass is 32.2. The van der Waals surface area contributed by atoms with Gasteiger partial charge in [0.25, 0.3) is 11.8 Å². The smallest absolute Gasteiger partial charge is 0.262 e. The van der Waals surface area contributed by atoms with E-state index in [1.165, 1.54) is 37.4 Å². The van der Waals surface area contributed by atoms with E-state index in [0.717, 1.165) is 30.1 Å². The monoisotopic (exact) mass is 511 g/mol. The molecule has 0 spiro atoms. The number of hydrogen-bond acceptors (Lipinski definition) is 6. The van der Waals surface area contributed by atoms with Crippen molar-refractivity contribution in [1.29, 1.82) is 0 Å². The summed E-state index contributed by atoms with van der Waals surface area (Å²) in [5.41, 5.74) is 2.02. The van der Waals surface area contributed by atoms with Crippen molar-refractivity contribution in [2.45, 2.75) is 44.4 Å². The number of amides is 2. The summed E-state index contributed by atoms with van der Waals surface area (Å²) < 4.78 is 10.6. The second kappa shape index (κ2) is 13.9. The molecule has 3 rings (SSSR count). The number of methoxy groups -OCH3 is 2. The molecule has 2 aromatic carbocycles. The molecule has 0 saturated heterocycles. The van der Waals surface area contributed by atoms with Crippen molar-refractivity contribution < 1.29 is 19.1 Å². The Hall–Kier alpha value is -2.97. The fraction of sp³-hybridized carbons (Fsp3) is 0.429. The summed E-state index contributed by atoms with van der Waals surface area (Å²) in [7, 11) is 3.16. The van der Waals surface area contributed by atoms with Gasteiger partial charge in [0.2, 0.25) is 0 Å². The van der Waals surface area contributed by atoms with Gasteiger partial charge in [-0.05, 0) is 67.9 Å². The second-order valence-corrected chi connectivity index (χ2v) is 9.78. The van der Waals surface area contributed by atoms with E-state index in [0.29, 0.717) is 34.2 Å². The highest BCUT2D eigenvalue weighted by molar-refractivity contribution is 8.04. The van der Waals surface area contributed by atoms with Gasteiger partial charge in [-0.15, -0.1) is 0 Å². The number of nitrogens with zero attached hydrogens (tertiary/aromatic N) is 1. The molecule has 0 unspecified atom stereocenters. The molecule has 0 aromatic heterocycles. The van der Waals surface area contributed by atoms with E-state index >= 15 is 0 Å². The van der Waals surface area contributed by atoms with Crippen LogP contribution in [0.2, 0.25) is 0 Å². The maximum Gasteiger partial charge on any atom is 0.262 e. The molecule has 8 heteroatoms. The Bertz CT molecular complexity index is 1080. The first kappa shape index (κ1) is 27.6. The average molecular weight is 512 g/mol. The summed E-state index contributed by atoms with van der Waals surface area (Å²) in [4.78, 5) is 29.4. The van der Waals surface area contributed by atoms with Gasteiger partial charge < -0.3 is 25.0 Å². The SMILES string of the molecule is CCCCN(CCCC)CCNC(=O)c1ccc2c(c1)NC(=O)/C(=C\c1ccc(OC)c(OC)c1)S2. The van der Waals surface area contributed by atoms with Gasteiger partial charge in [0.1, 0.15) is 0 Å². The fourth-order valence-electron chi connectivity index (χ4n) is 3.92. The molecular weight excluding hydrogens is 474 g/mol. The Balaban J connectivity index is 1.63.